The molecule has 0 saturated carbocycles. The van der Waals surface area contributed by atoms with Gasteiger partial charge in [-0.1, -0.05) is 113 Å². The zero-order chi connectivity index (χ0) is 35.0. The molecule has 0 spiro atoms. The van der Waals surface area contributed by atoms with Crippen molar-refractivity contribution in [3.05, 3.63) is 60.8 Å². The molecule has 2 atom stereocenters. The average molecular weight is 662 g/mol. The number of carbonyl (C=O) groups is 3. The number of carboxylic acid groups (broad SMARTS) is 1. The number of rotatable bonds is 30. The van der Waals surface area contributed by atoms with E-state index in [2.05, 4.69) is 56.4 Å². The highest BCUT2D eigenvalue weighted by Gasteiger charge is 2.21. The number of carboxylic acids is 1. The Hall–Kier alpha value is -3.01. The standard InChI is InChI=1S/C38H63NO8/c1-6-8-10-12-14-15-16-17-18-19-20-21-23-25-27-29-36(41)47-34(32-45-35(40)28-26-24-22-13-11-9-7-2)33-46-38(37(42)43)44-31-30-39(3,4)5/h8,10,14-15,17-18,20-21,25,27,34,38H,6-7,9,11-13,16,19,22-24,26,28-33H2,1-5H3/b10-8-,15-14-,18-17-,21-20-,27-25-. The summed E-state index contributed by atoms with van der Waals surface area (Å²) in [7, 11) is 5.85. The van der Waals surface area contributed by atoms with E-state index >= 15 is 0 Å². The van der Waals surface area contributed by atoms with E-state index in [0.29, 0.717) is 17.4 Å². The largest absolute Gasteiger partial charge is 0.545 e. The lowest BCUT2D eigenvalue weighted by Gasteiger charge is -2.26. The number of allylic oxidation sites excluding steroid dienone is 9. The highest BCUT2D eigenvalue weighted by molar-refractivity contribution is 5.71. The number of esters is 2. The minimum atomic E-state index is -1.64. The molecule has 47 heavy (non-hydrogen) atoms. The summed E-state index contributed by atoms with van der Waals surface area (Å²) in [4.78, 5) is 36.4. The molecule has 9 heteroatoms. The minimum absolute atomic E-state index is 0.0138. The summed E-state index contributed by atoms with van der Waals surface area (Å²) in [6.07, 6.45) is 30.2. The van der Waals surface area contributed by atoms with Gasteiger partial charge in [-0.3, -0.25) is 9.59 Å². The van der Waals surface area contributed by atoms with Gasteiger partial charge in [0.25, 0.3) is 0 Å². The molecule has 0 aromatic carbocycles. The van der Waals surface area contributed by atoms with E-state index in [4.69, 9.17) is 18.9 Å². The van der Waals surface area contributed by atoms with Gasteiger partial charge < -0.3 is 33.3 Å². The molecule has 0 aliphatic carbocycles. The summed E-state index contributed by atoms with van der Waals surface area (Å²) in [5.41, 5.74) is 0. The van der Waals surface area contributed by atoms with Crippen LogP contribution in [-0.2, 0) is 33.3 Å². The Morgan fingerprint density at radius 2 is 1.19 bits per heavy atom. The lowest BCUT2D eigenvalue weighted by molar-refractivity contribution is -0.870. The second-order valence-electron chi connectivity index (χ2n) is 12.4. The van der Waals surface area contributed by atoms with Crippen molar-refractivity contribution in [3.8, 4) is 0 Å². The fraction of sp³-hybridized carbons (Fsp3) is 0.658. The van der Waals surface area contributed by atoms with Crippen LogP contribution < -0.4 is 5.11 Å². The molecule has 0 aliphatic rings. The number of aliphatic carboxylic acids is 1. The van der Waals surface area contributed by atoms with Crippen molar-refractivity contribution >= 4 is 17.9 Å². The fourth-order valence-corrected chi connectivity index (χ4v) is 4.08. The number of nitrogens with zero attached hydrogens (tertiary/aromatic N) is 1. The van der Waals surface area contributed by atoms with Crippen LogP contribution in [0.3, 0.4) is 0 Å². The molecular formula is C38H63NO8. The molecule has 0 fully saturated rings. The number of quaternary nitrogens is 1. The van der Waals surface area contributed by atoms with Gasteiger partial charge in [-0.25, -0.2) is 0 Å². The molecular weight excluding hydrogens is 598 g/mol. The van der Waals surface area contributed by atoms with Gasteiger partial charge >= 0.3 is 11.9 Å². The Bertz CT molecular complexity index is 961. The highest BCUT2D eigenvalue weighted by atomic mass is 16.7. The maximum absolute atomic E-state index is 12.5. The smallest absolute Gasteiger partial charge is 0.310 e. The van der Waals surface area contributed by atoms with E-state index in [0.717, 1.165) is 51.4 Å². The third-order valence-corrected chi connectivity index (χ3v) is 6.81. The van der Waals surface area contributed by atoms with E-state index in [-0.39, 0.29) is 32.7 Å². The molecule has 0 saturated heterocycles. The number of unbranched alkanes of at least 4 members (excludes halogenated alkanes) is 6. The molecule has 268 valence electrons. The van der Waals surface area contributed by atoms with Crippen LogP contribution in [0.1, 0.15) is 104 Å². The summed E-state index contributed by atoms with van der Waals surface area (Å²) in [5.74, 6) is -2.47. The number of hydrogen-bond donors (Lipinski definition) is 0. The van der Waals surface area contributed by atoms with Crippen molar-refractivity contribution in [2.75, 3.05) is 47.5 Å². The summed E-state index contributed by atoms with van der Waals surface area (Å²) in [6, 6.07) is 0. The first kappa shape index (κ1) is 44.0. The third-order valence-electron chi connectivity index (χ3n) is 6.81. The van der Waals surface area contributed by atoms with Gasteiger partial charge in [0.15, 0.2) is 12.4 Å². The molecule has 0 rings (SSSR count). The zero-order valence-electron chi connectivity index (χ0n) is 29.9. The molecule has 0 bridgehead atoms. The monoisotopic (exact) mass is 661 g/mol. The maximum atomic E-state index is 12.5. The lowest BCUT2D eigenvalue weighted by Crippen LogP contribution is -2.44. The van der Waals surface area contributed by atoms with Crippen molar-refractivity contribution in [1.82, 2.24) is 0 Å². The number of ether oxygens (including phenoxy) is 4. The van der Waals surface area contributed by atoms with Gasteiger partial charge in [0, 0.05) is 6.42 Å². The van der Waals surface area contributed by atoms with Crippen LogP contribution in [0.4, 0.5) is 0 Å². The third kappa shape index (κ3) is 31.4. The highest BCUT2D eigenvalue weighted by Crippen LogP contribution is 2.10. The van der Waals surface area contributed by atoms with Gasteiger partial charge in [-0.2, -0.15) is 0 Å². The first-order valence-corrected chi connectivity index (χ1v) is 17.4. The van der Waals surface area contributed by atoms with Crippen LogP contribution in [0, 0.1) is 0 Å². The average Bonchev–Trinajstić information content (AvgIpc) is 3.02. The van der Waals surface area contributed by atoms with Gasteiger partial charge in [0.1, 0.15) is 13.2 Å². The number of carbonyl (C=O) groups excluding carboxylic acids is 3. The van der Waals surface area contributed by atoms with Gasteiger partial charge in [-0.05, 0) is 38.5 Å². The topological polar surface area (TPSA) is 111 Å². The Morgan fingerprint density at radius 3 is 1.72 bits per heavy atom. The van der Waals surface area contributed by atoms with Crippen molar-refractivity contribution in [1.29, 1.82) is 0 Å². The normalized spacial score (nSPS) is 13.8. The molecule has 9 nitrogen and oxygen atoms in total. The summed E-state index contributed by atoms with van der Waals surface area (Å²) in [6.45, 7) is 4.41. The first-order valence-electron chi connectivity index (χ1n) is 17.4. The second kappa shape index (κ2) is 30.3. The summed E-state index contributed by atoms with van der Waals surface area (Å²) in [5, 5.41) is 11.6. The van der Waals surface area contributed by atoms with Gasteiger partial charge in [0.2, 0.25) is 0 Å². The molecule has 0 aromatic rings. The maximum Gasteiger partial charge on any atom is 0.310 e. The molecule has 2 unspecified atom stereocenters. The minimum Gasteiger partial charge on any atom is -0.545 e. The van der Waals surface area contributed by atoms with E-state index in [1.165, 1.54) is 19.3 Å². The fourth-order valence-electron chi connectivity index (χ4n) is 4.08. The van der Waals surface area contributed by atoms with Crippen molar-refractivity contribution in [2.45, 2.75) is 116 Å². The molecule has 0 aliphatic heterocycles. The van der Waals surface area contributed by atoms with Crippen LogP contribution in [0.5, 0.6) is 0 Å². The SMILES string of the molecule is CC/C=C\C/C=C\C/C=C\C/C=C\C/C=C\CC(=O)OC(COC(=O)CCCCCCCCC)COC(OCC[N+](C)(C)C)C(=O)[O-]. The van der Waals surface area contributed by atoms with E-state index in [1.807, 2.05) is 33.3 Å². The lowest BCUT2D eigenvalue weighted by atomic mass is 10.1. The van der Waals surface area contributed by atoms with Crippen LogP contribution in [0.15, 0.2) is 60.8 Å². The zero-order valence-corrected chi connectivity index (χ0v) is 29.9. The van der Waals surface area contributed by atoms with Crippen LogP contribution in [-0.4, -0.2) is 82.3 Å². The molecule has 0 radical (unpaired) electrons. The quantitative estimate of drug-likeness (QED) is 0.0281. The first-order chi connectivity index (χ1) is 22.6. The summed E-state index contributed by atoms with van der Waals surface area (Å²) < 4.78 is 22.2. The predicted octanol–water partition coefficient (Wildman–Crippen LogP) is 6.54. The molecule has 0 heterocycles. The van der Waals surface area contributed by atoms with E-state index in [1.54, 1.807) is 6.08 Å². The molecule has 0 aromatic heterocycles. The van der Waals surface area contributed by atoms with E-state index in [9.17, 15) is 19.5 Å². The van der Waals surface area contributed by atoms with E-state index < -0.39 is 30.3 Å². The van der Waals surface area contributed by atoms with Gasteiger partial charge in [0.05, 0.1) is 46.7 Å². The Kier molecular flexibility index (Phi) is 28.4. The number of likely N-dealkylation sites (N-methyl/N-ethyl adjacent to an activating group) is 1. The Labute approximate surface area is 284 Å². The van der Waals surface area contributed by atoms with Crippen molar-refractivity contribution in [2.24, 2.45) is 0 Å². The van der Waals surface area contributed by atoms with Crippen molar-refractivity contribution < 1.29 is 42.9 Å². The number of hydrogen-bond acceptors (Lipinski definition) is 8. The van der Waals surface area contributed by atoms with Crippen LogP contribution in [0.2, 0.25) is 0 Å². The molecule has 0 N–H and O–H groups in total. The van der Waals surface area contributed by atoms with Gasteiger partial charge in [-0.15, -0.1) is 0 Å². The van der Waals surface area contributed by atoms with Crippen LogP contribution >= 0.6 is 0 Å². The second-order valence-corrected chi connectivity index (χ2v) is 12.4. The molecule has 0 amide bonds. The predicted molar refractivity (Wildman–Crippen MR) is 186 cm³/mol. The summed E-state index contributed by atoms with van der Waals surface area (Å²) >= 11 is 0. The Morgan fingerprint density at radius 1 is 0.660 bits per heavy atom. The van der Waals surface area contributed by atoms with Crippen LogP contribution in [0.25, 0.3) is 0 Å². The Balaban J connectivity index is 4.75. The van der Waals surface area contributed by atoms with Crippen molar-refractivity contribution in [3.63, 3.8) is 0 Å².